The quantitative estimate of drug-likeness (QED) is 0.370. The maximum atomic E-state index is 11.3. The van der Waals surface area contributed by atoms with Crippen molar-refractivity contribution in [3.63, 3.8) is 0 Å². The fourth-order valence-electron chi connectivity index (χ4n) is 1.81. The Hall–Kier alpha value is -0.430. The Kier molecular flexibility index (Phi) is 4.42. The van der Waals surface area contributed by atoms with Gasteiger partial charge in [-0.3, -0.25) is 4.79 Å². The first-order valence-corrected chi connectivity index (χ1v) is 7.86. The predicted molar refractivity (Wildman–Crippen MR) is 82.6 cm³/mol. The summed E-state index contributed by atoms with van der Waals surface area (Å²) in [6.07, 6.45) is 2.75. The summed E-state index contributed by atoms with van der Waals surface area (Å²) in [6, 6.07) is 6.08. The molecule has 1 aliphatic carbocycles. The number of carbonyl (C=O) groups excluding carboxylic acids is 1. The molecule has 5 heteroatoms. The van der Waals surface area contributed by atoms with E-state index in [9.17, 15) is 4.79 Å². The molecule has 0 atom stereocenters. The normalized spacial score (nSPS) is 16.3. The molecule has 3 nitrogen and oxygen atoms in total. The van der Waals surface area contributed by atoms with Gasteiger partial charge in [0.2, 0.25) is 0 Å². The Morgan fingerprint density at radius 1 is 1.56 bits per heavy atom. The molecule has 0 radical (unpaired) electrons. The highest BCUT2D eigenvalue weighted by molar-refractivity contribution is 14.1. The van der Waals surface area contributed by atoms with Crippen LogP contribution in [0, 0.1) is 8.99 Å². The van der Waals surface area contributed by atoms with Gasteiger partial charge in [-0.05, 0) is 59.0 Å². The number of carbonyl (C=O) groups is 1. The van der Waals surface area contributed by atoms with Gasteiger partial charge in [0.15, 0.2) is 0 Å². The predicted octanol–water partition coefficient (Wildman–Crippen LogP) is 3.31. The van der Waals surface area contributed by atoms with E-state index < -0.39 is 0 Å². The van der Waals surface area contributed by atoms with Gasteiger partial charge in [0, 0.05) is 19.9 Å². The molecule has 0 bridgehead atoms. The first-order chi connectivity index (χ1) is 8.54. The third-order valence-electron chi connectivity index (χ3n) is 3.21. The van der Waals surface area contributed by atoms with Gasteiger partial charge in [-0.15, -0.1) is 11.8 Å². The summed E-state index contributed by atoms with van der Waals surface area (Å²) in [4.78, 5) is 12.4. The molecule has 0 aromatic heterocycles. The minimum atomic E-state index is -0.108. The van der Waals surface area contributed by atoms with E-state index in [1.165, 1.54) is 7.11 Å². The molecule has 0 amide bonds. The summed E-state index contributed by atoms with van der Waals surface area (Å²) in [7, 11) is 1.45. The van der Waals surface area contributed by atoms with Crippen LogP contribution in [0.1, 0.15) is 19.3 Å². The number of nitrogen functional groups attached to an aromatic ring is 1. The van der Waals surface area contributed by atoms with Crippen LogP contribution in [0.2, 0.25) is 0 Å². The van der Waals surface area contributed by atoms with Crippen molar-refractivity contribution in [3.05, 3.63) is 21.8 Å². The van der Waals surface area contributed by atoms with Gasteiger partial charge < -0.3 is 10.5 Å². The van der Waals surface area contributed by atoms with E-state index in [-0.39, 0.29) is 11.4 Å². The maximum Gasteiger partial charge on any atom is 0.306 e. The van der Waals surface area contributed by atoms with Crippen LogP contribution in [0.25, 0.3) is 0 Å². The first-order valence-electron chi connectivity index (χ1n) is 5.79. The minimum Gasteiger partial charge on any atom is -0.469 e. The molecule has 18 heavy (non-hydrogen) atoms. The number of halogens is 1. The SMILES string of the molecule is COC(=O)CC1(CSc2ccc(I)cc2N)CC1. The summed E-state index contributed by atoms with van der Waals surface area (Å²) < 4.78 is 5.89. The van der Waals surface area contributed by atoms with E-state index in [4.69, 9.17) is 10.5 Å². The molecule has 1 aromatic rings. The van der Waals surface area contributed by atoms with E-state index in [1.54, 1.807) is 11.8 Å². The Balaban J connectivity index is 1.93. The van der Waals surface area contributed by atoms with Crippen molar-refractivity contribution in [2.24, 2.45) is 5.41 Å². The highest BCUT2D eigenvalue weighted by atomic mass is 127. The Labute approximate surface area is 125 Å². The summed E-state index contributed by atoms with van der Waals surface area (Å²) >= 11 is 3.99. The lowest BCUT2D eigenvalue weighted by Gasteiger charge is -2.14. The van der Waals surface area contributed by atoms with Gasteiger partial charge in [0.05, 0.1) is 13.5 Å². The van der Waals surface area contributed by atoms with Crippen LogP contribution in [0.3, 0.4) is 0 Å². The average molecular weight is 377 g/mol. The molecular formula is C13H16INO2S. The Morgan fingerprint density at radius 3 is 2.83 bits per heavy atom. The maximum absolute atomic E-state index is 11.3. The Bertz CT molecular complexity index is 460. The molecule has 1 fully saturated rings. The van der Waals surface area contributed by atoms with E-state index in [1.807, 2.05) is 6.07 Å². The second kappa shape index (κ2) is 5.69. The first kappa shape index (κ1) is 14.0. The largest absolute Gasteiger partial charge is 0.469 e. The fraction of sp³-hybridized carbons (Fsp3) is 0.462. The number of nitrogens with two attached hydrogens (primary N) is 1. The van der Waals surface area contributed by atoms with Crippen LogP contribution < -0.4 is 5.73 Å². The van der Waals surface area contributed by atoms with Gasteiger partial charge in [-0.2, -0.15) is 0 Å². The number of hydrogen-bond acceptors (Lipinski definition) is 4. The molecule has 0 heterocycles. The Morgan fingerprint density at radius 2 is 2.28 bits per heavy atom. The lowest BCUT2D eigenvalue weighted by atomic mass is 10.1. The van der Waals surface area contributed by atoms with Gasteiger partial charge >= 0.3 is 5.97 Å². The smallest absolute Gasteiger partial charge is 0.306 e. The van der Waals surface area contributed by atoms with Crippen LogP contribution in [0.15, 0.2) is 23.1 Å². The minimum absolute atomic E-state index is 0.108. The van der Waals surface area contributed by atoms with Crippen molar-refractivity contribution in [3.8, 4) is 0 Å². The fourth-order valence-corrected chi connectivity index (χ4v) is 3.57. The highest BCUT2D eigenvalue weighted by Crippen LogP contribution is 2.52. The third kappa shape index (κ3) is 3.54. The van der Waals surface area contributed by atoms with Crippen LogP contribution >= 0.6 is 34.4 Å². The summed E-state index contributed by atoms with van der Waals surface area (Å²) in [5.74, 6) is 0.830. The highest BCUT2D eigenvalue weighted by Gasteiger charge is 2.44. The zero-order valence-corrected chi connectivity index (χ0v) is 13.2. The lowest BCUT2D eigenvalue weighted by Crippen LogP contribution is -2.13. The van der Waals surface area contributed by atoms with Crippen molar-refractivity contribution >= 4 is 46.0 Å². The molecule has 1 saturated carbocycles. The van der Waals surface area contributed by atoms with E-state index in [0.717, 1.165) is 32.7 Å². The van der Waals surface area contributed by atoms with Crippen LogP contribution in [-0.2, 0) is 9.53 Å². The zero-order chi connectivity index (χ0) is 13.2. The summed E-state index contributed by atoms with van der Waals surface area (Å²) in [5.41, 5.74) is 6.95. The van der Waals surface area contributed by atoms with Gasteiger partial charge in [0.25, 0.3) is 0 Å². The second-order valence-corrected chi connectivity index (χ2v) is 6.99. The van der Waals surface area contributed by atoms with Crippen molar-refractivity contribution < 1.29 is 9.53 Å². The number of thioether (sulfide) groups is 1. The second-order valence-electron chi connectivity index (χ2n) is 4.72. The van der Waals surface area contributed by atoms with E-state index in [0.29, 0.717) is 6.42 Å². The monoisotopic (exact) mass is 377 g/mol. The number of benzene rings is 1. The molecule has 0 saturated heterocycles. The van der Waals surface area contributed by atoms with Crippen molar-refractivity contribution in [2.45, 2.75) is 24.2 Å². The van der Waals surface area contributed by atoms with Gasteiger partial charge in [-0.1, -0.05) is 0 Å². The van der Waals surface area contributed by atoms with Crippen molar-refractivity contribution in [1.29, 1.82) is 0 Å². The average Bonchev–Trinajstić information content (AvgIpc) is 3.08. The van der Waals surface area contributed by atoms with Crippen molar-refractivity contribution in [2.75, 3.05) is 18.6 Å². The van der Waals surface area contributed by atoms with Crippen LogP contribution in [0.4, 0.5) is 5.69 Å². The molecule has 0 spiro atoms. The molecule has 0 aliphatic heterocycles. The van der Waals surface area contributed by atoms with Crippen LogP contribution in [-0.4, -0.2) is 18.8 Å². The molecule has 2 rings (SSSR count). The molecular weight excluding hydrogens is 361 g/mol. The topological polar surface area (TPSA) is 52.3 Å². The molecule has 1 aromatic carbocycles. The number of ether oxygens (including phenoxy) is 1. The van der Waals surface area contributed by atoms with Crippen molar-refractivity contribution in [1.82, 2.24) is 0 Å². The lowest BCUT2D eigenvalue weighted by molar-refractivity contribution is -0.141. The summed E-state index contributed by atoms with van der Waals surface area (Å²) in [6.45, 7) is 0. The number of anilines is 1. The third-order valence-corrected chi connectivity index (χ3v) is 5.32. The van der Waals surface area contributed by atoms with Gasteiger partial charge in [0.1, 0.15) is 0 Å². The number of esters is 1. The molecule has 0 unspecified atom stereocenters. The van der Waals surface area contributed by atoms with E-state index >= 15 is 0 Å². The zero-order valence-electron chi connectivity index (χ0n) is 10.2. The number of rotatable bonds is 5. The molecule has 2 N–H and O–H groups in total. The van der Waals surface area contributed by atoms with Gasteiger partial charge in [-0.25, -0.2) is 0 Å². The van der Waals surface area contributed by atoms with Crippen LogP contribution in [0.5, 0.6) is 0 Å². The molecule has 98 valence electrons. The number of hydrogen-bond donors (Lipinski definition) is 1. The van der Waals surface area contributed by atoms with E-state index in [2.05, 4.69) is 34.7 Å². The standard InChI is InChI=1S/C13H16INO2S/c1-17-12(16)7-13(4-5-13)8-18-11-3-2-9(14)6-10(11)15/h2-3,6H,4-5,7-8,15H2,1H3. The molecule has 1 aliphatic rings. The number of methoxy groups -OCH3 is 1. The summed E-state index contributed by atoms with van der Waals surface area (Å²) in [5, 5.41) is 0.